The SMILES string of the molecule is COc1cc(C(=O)C(=O)NC2CCCCC2)ccc1OCC(=O)Nc1cccc(Cl)c1C. The van der Waals surface area contributed by atoms with Crippen LogP contribution >= 0.6 is 11.6 Å². The molecule has 3 rings (SSSR count). The van der Waals surface area contributed by atoms with Crippen molar-refractivity contribution >= 4 is 34.9 Å². The van der Waals surface area contributed by atoms with Crippen molar-refractivity contribution in [3.8, 4) is 11.5 Å². The lowest BCUT2D eigenvalue weighted by molar-refractivity contribution is -0.118. The van der Waals surface area contributed by atoms with E-state index in [1.165, 1.54) is 25.3 Å². The van der Waals surface area contributed by atoms with Gasteiger partial charge in [-0.05, 0) is 55.7 Å². The monoisotopic (exact) mass is 458 g/mol. The quantitative estimate of drug-likeness (QED) is 0.454. The molecule has 0 unspecified atom stereocenters. The van der Waals surface area contributed by atoms with Crippen LogP contribution in [0.15, 0.2) is 36.4 Å². The summed E-state index contributed by atoms with van der Waals surface area (Å²) in [6, 6.07) is 9.72. The molecule has 2 aromatic carbocycles. The summed E-state index contributed by atoms with van der Waals surface area (Å²) < 4.78 is 10.9. The maximum absolute atomic E-state index is 12.5. The average molecular weight is 459 g/mol. The van der Waals surface area contributed by atoms with Crippen LogP contribution in [-0.2, 0) is 9.59 Å². The minimum Gasteiger partial charge on any atom is -0.493 e. The third kappa shape index (κ3) is 6.01. The van der Waals surface area contributed by atoms with Crippen LogP contribution in [0.5, 0.6) is 11.5 Å². The molecule has 0 bridgehead atoms. The number of rotatable bonds is 8. The van der Waals surface area contributed by atoms with Gasteiger partial charge in [0.05, 0.1) is 7.11 Å². The number of methoxy groups -OCH3 is 1. The zero-order chi connectivity index (χ0) is 23.1. The number of hydrogen-bond acceptors (Lipinski definition) is 5. The molecule has 0 saturated heterocycles. The van der Waals surface area contributed by atoms with Crippen molar-refractivity contribution in [2.45, 2.75) is 45.1 Å². The molecule has 2 amide bonds. The van der Waals surface area contributed by atoms with Crippen molar-refractivity contribution in [2.75, 3.05) is 19.0 Å². The highest BCUT2D eigenvalue weighted by atomic mass is 35.5. The van der Waals surface area contributed by atoms with Crippen LogP contribution in [0.2, 0.25) is 5.02 Å². The molecule has 0 radical (unpaired) electrons. The lowest BCUT2D eigenvalue weighted by Gasteiger charge is -2.22. The Morgan fingerprint density at radius 1 is 1.06 bits per heavy atom. The molecule has 1 saturated carbocycles. The van der Waals surface area contributed by atoms with Crippen molar-refractivity contribution in [3.63, 3.8) is 0 Å². The highest BCUT2D eigenvalue weighted by molar-refractivity contribution is 6.43. The summed E-state index contributed by atoms with van der Waals surface area (Å²) in [5.41, 5.74) is 1.55. The Morgan fingerprint density at radius 2 is 1.81 bits per heavy atom. The largest absolute Gasteiger partial charge is 0.493 e. The summed E-state index contributed by atoms with van der Waals surface area (Å²) in [5.74, 6) is -1.08. The molecule has 0 aromatic heterocycles. The highest BCUT2D eigenvalue weighted by Crippen LogP contribution is 2.29. The van der Waals surface area contributed by atoms with Crippen LogP contribution in [0.4, 0.5) is 5.69 Å². The van der Waals surface area contributed by atoms with Crippen LogP contribution < -0.4 is 20.1 Å². The van der Waals surface area contributed by atoms with Gasteiger partial charge in [0.25, 0.3) is 11.8 Å². The number of ketones is 1. The molecule has 32 heavy (non-hydrogen) atoms. The van der Waals surface area contributed by atoms with Gasteiger partial charge in [0.15, 0.2) is 18.1 Å². The summed E-state index contributed by atoms with van der Waals surface area (Å²) in [7, 11) is 1.42. The summed E-state index contributed by atoms with van der Waals surface area (Å²) in [4.78, 5) is 37.2. The zero-order valence-electron chi connectivity index (χ0n) is 18.2. The third-order valence-corrected chi connectivity index (χ3v) is 5.88. The number of ether oxygens (including phenoxy) is 2. The van der Waals surface area contributed by atoms with Crippen LogP contribution in [0.25, 0.3) is 0 Å². The van der Waals surface area contributed by atoms with Crippen molar-refractivity contribution in [1.82, 2.24) is 5.32 Å². The van der Waals surface area contributed by atoms with E-state index in [0.717, 1.165) is 37.7 Å². The highest BCUT2D eigenvalue weighted by Gasteiger charge is 2.23. The van der Waals surface area contributed by atoms with Gasteiger partial charge in [-0.1, -0.05) is 36.9 Å². The minimum atomic E-state index is -0.630. The topological polar surface area (TPSA) is 93.7 Å². The van der Waals surface area contributed by atoms with Gasteiger partial charge in [0.1, 0.15) is 0 Å². The molecular weight excluding hydrogens is 432 g/mol. The number of carbonyl (C=O) groups is 3. The van der Waals surface area contributed by atoms with Gasteiger partial charge in [-0.15, -0.1) is 0 Å². The molecule has 2 N–H and O–H groups in total. The summed E-state index contributed by atoms with van der Waals surface area (Å²) in [6.07, 6.45) is 5.07. The summed E-state index contributed by atoms with van der Waals surface area (Å²) in [6.45, 7) is 1.54. The van der Waals surface area contributed by atoms with Gasteiger partial charge in [-0.25, -0.2) is 0 Å². The Balaban J connectivity index is 1.60. The molecule has 2 aromatic rings. The fraction of sp³-hybridized carbons (Fsp3) is 0.375. The second-order valence-electron chi connectivity index (χ2n) is 7.75. The fourth-order valence-corrected chi connectivity index (χ4v) is 3.80. The predicted molar refractivity (Wildman–Crippen MR) is 123 cm³/mol. The lowest BCUT2D eigenvalue weighted by Crippen LogP contribution is -2.40. The first-order chi connectivity index (χ1) is 15.4. The van der Waals surface area contributed by atoms with Crippen LogP contribution in [-0.4, -0.2) is 37.4 Å². The van der Waals surface area contributed by atoms with Crippen molar-refractivity contribution in [2.24, 2.45) is 0 Å². The average Bonchev–Trinajstić information content (AvgIpc) is 2.80. The number of hydrogen-bond donors (Lipinski definition) is 2. The van der Waals surface area contributed by atoms with Crippen molar-refractivity contribution in [3.05, 3.63) is 52.5 Å². The zero-order valence-corrected chi connectivity index (χ0v) is 19.0. The van der Waals surface area contributed by atoms with Gasteiger partial charge in [0, 0.05) is 22.3 Å². The maximum atomic E-state index is 12.5. The van der Waals surface area contributed by atoms with Gasteiger partial charge in [-0.2, -0.15) is 0 Å². The molecule has 0 spiro atoms. The van der Waals surface area contributed by atoms with Gasteiger partial charge in [-0.3, -0.25) is 14.4 Å². The second kappa shape index (κ2) is 11.0. The molecule has 1 aliphatic carbocycles. The molecular formula is C24H27ClN2O5. The van der Waals surface area contributed by atoms with E-state index >= 15 is 0 Å². The molecule has 170 valence electrons. The van der Waals surface area contributed by atoms with E-state index in [9.17, 15) is 14.4 Å². The molecule has 0 aliphatic heterocycles. The van der Waals surface area contributed by atoms with Crippen molar-refractivity contribution < 1.29 is 23.9 Å². The minimum absolute atomic E-state index is 0.0475. The lowest BCUT2D eigenvalue weighted by atomic mass is 9.95. The number of carbonyl (C=O) groups excluding carboxylic acids is 3. The molecule has 0 atom stereocenters. The number of anilines is 1. The standard InChI is InChI=1S/C24H27ClN2O5/c1-15-18(25)9-6-10-19(15)27-22(28)14-32-20-12-11-16(13-21(20)31-2)23(29)24(30)26-17-7-4-3-5-8-17/h6,9-13,17H,3-5,7-8,14H2,1-2H3,(H,26,30)(H,27,28). The third-order valence-electron chi connectivity index (χ3n) is 5.47. The maximum Gasteiger partial charge on any atom is 0.292 e. The normalized spacial score (nSPS) is 13.8. The summed E-state index contributed by atoms with van der Waals surface area (Å²) in [5, 5.41) is 6.12. The second-order valence-corrected chi connectivity index (χ2v) is 8.16. The molecule has 1 fully saturated rings. The fourth-order valence-electron chi connectivity index (χ4n) is 3.63. The molecule has 1 aliphatic rings. The van der Waals surface area contributed by atoms with E-state index in [1.54, 1.807) is 18.2 Å². The van der Waals surface area contributed by atoms with E-state index in [-0.39, 0.29) is 35.6 Å². The molecule has 7 nitrogen and oxygen atoms in total. The Labute approximate surface area is 192 Å². The Bertz CT molecular complexity index is 1000. The Kier molecular flexibility index (Phi) is 8.11. The van der Waals surface area contributed by atoms with E-state index in [4.69, 9.17) is 21.1 Å². The Hall–Kier alpha value is -3.06. The van der Waals surface area contributed by atoms with Crippen LogP contribution in [0.3, 0.4) is 0 Å². The van der Waals surface area contributed by atoms with Crippen molar-refractivity contribution in [1.29, 1.82) is 0 Å². The smallest absolute Gasteiger partial charge is 0.292 e. The van der Waals surface area contributed by atoms with E-state index in [2.05, 4.69) is 10.6 Å². The first-order valence-electron chi connectivity index (χ1n) is 10.6. The first-order valence-corrected chi connectivity index (χ1v) is 11.0. The first kappa shape index (κ1) is 23.6. The van der Waals surface area contributed by atoms with Crippen LogP contribution in [0, 0.1) is 6.92 Å². The van der Waals surface area contributed by atoms with E-state index < -0.39 is 11.7 Å². The number of nitrogens with one attached hydrogen (secondary N) is 2. The predicted octanol–water partition coefficient (Wildman–Crippen LogP) is 4.31. The van der Waals surface area contributed by atoms with Crippen LogP contribution in [0.1, 0.15) is 48.0 Å². The number of benzene rings is 2. The molecule has 0 heterocycles. The number of Topliss-reactive ketones (excluding diaryl/α,β-unsaturated/α-hetero) is 1. The van der Waals surface area contributed by atoms with E-state index in [1.807, 2.05) is 6.92 Å². The van der Waals surface area contributed by atoms with Gasteiger partial charge >= 0.3 is 0 Å². The molecule has 8 heteroatoms. The van der Waals surface area contributed by atoms with E-state index in [0.29, 0.717) is 10.7 Å². The van der Waals surface area contributed by atoms with Gasteiger partial charge in [0.2, 0.25) is 5.78 Å². The van der Waals surface area contributed by atoms with Gasteiger partial charge < -0.3 is 20.1 Å². The summed E-state index contributed by atoms with van der Waals surface area (Å²) >= 11 is 6.07. The number of amides is 2. The number of halogens is 1. The Morgan fingerprint density at radius 3 is 2.53 bits per heavy atom.